The second kappa shape index (κ2) is 9.10. The molecule has 0 aliphatic carbocycles. The highest BCUT2D eigenvalue weighted by atomic mass is 32.2. The molecule has 7 heteroatoms. The summed E-state index contributed by atoms with van der Waals surface area (Å²) in [5, 5.41) is 4.95. The number of nitrogens with zero attached hydrogens (tertiary/aromatic N) is 1. The maximum Gasteiger partial charge on any atom is 0.261 e. The molecule has 2 amide bonds. The molecule has 0 radical (unpaired) electrons. The molecule has 1 aromatic rings. The Labute approximate surface area is 149 Å². The maximum atomic E-state index is 12.2. The quantitative estimate of drug-likeness (QED) is 0.481. The topological polar surface area (TPSA) is 97.5 Å². The number of imide groups is 1. The third-order valence-electron chi connectivity index (χ3n) is 4.44. The molecular formula is C18H26N2O4S. The van der Waals surface area contributed by atoms with Crippen molar-refractivity contribution in [3.8, 4) is 0 Å². The molecule has 0 spiro atoms. The summed E-state index contributed by atoms with van der Waals surface area (Å²) in [6.07, 6.45) is 7.51. The van der Waals surface area contributed by atoms with Gasteiger partial charge in [0.2, 0.25) is 10.0 Å². The van der Waals surface area contributed by atoms with Crippen molar-refractivity contribution in [1.82, 2.24) is 4.90 Å². The predicted molar refractivity (Wildman–Crippen MR) is 96.7 cm³/mol. The lowest BCUT2D eigenvalue weighted by atomic mass is 10.1. The zero-order chi connectivity index (χ0) is 18.3. The third-order valence-corrected chi connectivity index (χ3v) is 5.30. The number of carbonyl (C=O) groups is 2. The van der Waals surface area contributed by atoms with E-state index in [4.69, 9.17) is 5.14 Å². The molecule has 1 heterocycles. The van der Waals surface area contributed by atoms with Crippen LogP contribution in [-0.4, -0.2) is 37.4 Å². The van der Waals surface area contributed by atoms with E-state index < -0.39 is 10.0 Å². The summed E-state index contributed by atoms with van der Waals surface area (Å²) in [6, 6.07) is 6.95. The normalized spacial score (nSPS) is 14.2. The summed E-state index contributed by atoms with van der Waals surface area (Å²) >= 11 is 0. The molecule has 138 valence electrons. The van der Waals surface area contributed by atoms with Crippen LogP contribution in [0.25, 0.3) is 0 Å². The smallest absolute Gasteiger partial charge is 0.261 e. The van der Waals surface area contributed by atoms with Gasteiger partial charge in [0.05, 0.1) is 16.9 Å². The molecule has 6 nitrogen and oxygen atoms in total. The van der Waals surface area contributed by atoms with Gasteiger partial charge in [-0.25, -0.2) is 13.6 Å². The van der Waals surface area contributed by atoms with Gasteiger partial charge in [-0.15, -0.1) is 0 Å². The van der Waals surface area contributed by atoms with Crippen molar-refractivity contribution in [2.24, 2.45) is 5.14 Å². The summed E-state index contributed by atoms with van der Waals surface area (Å²) < 4.78 is 21.6. The first-order chi connectivity index (χ1) is 11.9. The third kappa shape index (κ3) is 5.93. The molecule has 2 N–H and O–H groups in total. The molecule has 0 unspecified atom stereocenters. The highest BCUT2D eigenvalue weighted by Gasteiger charge is 2.34. The number of carbonyl (C=O) groups excluding carboxylic acids is 2. The minimum Gasteiger partial charge on any atom is -0.274 e. The van der Waals surface area contributed by atoms with Crippen molar-refractivity contribution < 1.29 is 18.0 Å². The van der Waals surface area contributed by atoms with Crippen molar-refractivity contribution in [2.45, 2.75) is 51.4 Å². The highest BCUT2D eigenvalue weighted by Crippen LogP contribution is 2.22. The van der Waals surface area contributed by atoms with Crippen molar-refractivity contribution >= 4 is 21.8 Å². The number of nitrogens with two attached hydrogens (primary N) is 1. The summed E-state index contributed by atoms with van der Waals surface area (Å²) in [7, 11) is -3.33. The van der Waals surface area contributed by atoms with Crippen molar-refractivity contribution in [2.75, 3.05) is 12.3 Å². The molecule has 0 atom stereocenters. The summed E-state index contributed by atoms with van der Waals surface area (Å²) in [4.78, 5) is 25.7. The van der Waals surface area contributed by atoms with Crippen LogP contribution >= 0.6 is 0 Å². The molecule has 1 aliphatic heterocycles. The number of fused-ring (bicyclic) bond motifs is 1. The lowest BCUT2D eigenvalue weighted by Crippen LogP contribution is -2.30. The van der Waals surface area contributed by atoms with E-state index in [0.29, 0.717) is 24.1 Å². The van der Waals surface area contributed by atoms with Crippen molar-refractivity contribution in [1.29, 1.82) is 0 Å². The zero-order valence-electron chi connectivity index (χ0n) is 14.4. The van der Waals surface area contributed by atoms with E-state index in [0.717, 1.165) is 44.9 Å². The van der Waals surface area contributed by atoms with Gasteiger partial charge < -0.3 is 0 Å². The molecule has 0 fully saturated rings. The van der Waals surface area contributed by atoms with Crippen LogP contribution in [0.3, 0.4) is 0 Å². The summed E-state index contributed by atoms with van der Waals surface area (Å²) in [5.41, 5.74) is 1.01. The van der Waals surface area contributed by atoms with Crippen LogP contribution in [0, 0.1) is 0 Å². The van der Waals surface area contributed by atoms with Crippen LogP contribution in [0.5, 0.6) is 0 Å². The maximum absolute atomic E-state index is 12.2. The highest BCUT2D eigenvalue weighted by molar-refractivity contribution is 7.89. The van der Waals surface area contributed by atoms with Gasteiger partial charge >= 0.3 is 0 Å². The number of sulfonamides is 1. The Morgan fingerprint density at radius 3 is 1.68 bits per heavy atom. The van der Waals surface area contributed by atoms with E-state index in [-0.39, 0.29) is 17.6 Å². The molecule has 25 heavy (non-hydrogen) atoms. The van der Waals surface area contributed by atoms with E-state index >= 15 is 0 Å². The first-order valence-electron chi connectivity index (χ1n) is 8.86. The fourth-order valence-electron chi connectivity index (χ4n) is 3.08. The van der Waals surface area contributed by atoms with E-state index in [1.165, 1.54) is 4.90 Å². The molecule has 0 saturated carbocycles. The van der Waals surface area contributed by atoms with Crippen LogP contribution in [0.4, 0.5) is 0 Å². The predicted octanol–water partition coefficient (Wildman–Crippen LogP) is 2.69. The van der Waals surface area contributed by atoms with E-state index in [2.05, 4.69) is 0 Å². The van der Waals surface area contributed by atoms with Crippen molar-refractivity contribution in [3.05, 3.63) is 35.4 Å². The second-order valence-corrected chi connectivity index (χ2v) is 8.24. The number of rotatable bonds is 11. The second-order valence-electron chi connectivity index (χ2n) is 6.50. The molecule has 0 aromatic heterocycles. The number of unbranched alkanes of at least 4 members (excludes halogenated alkanes) is 7. The monoisotopic (exact) mass is 366 g/mol. The number of primary sulfonamides is 1. The molecule has 1 aliphatic rings. The van der Waals surface area contributed by atoms with Crippen LogP contribution in [0.15, 0.2) is 24.3 Å². The fourth-order valence-corrected chi connectivity index (χ4v) is 3.68. The Morgan fingerprint density at radius 1 is 0.760 bits per heavy atom. The van der Waals surface area contributed by atoms with Crippen LogP contribution in [0.2, 0.25) is 0 Å². The lowest BCUT2D eigenvalue weighted by molar-refractivity contribution is 0.0651. The number of benzene rings is 1. The van der Waals surface area contributed by atoms with Gasteiger partial charge in [0.25, 0.3) is 11.8 Å². The summed E-state index contributed by atoms with van der Waals surface area (Å²) in [5.74, 6) is -0.307. The van der Waals surface area contributed by atoms with Gasteiger partial charge in [0.15, 0.2) is 0 Å². The van der Waals surface area contributed by atoms with E-state index in [1.54, 1.807) is 24.3 Å². The van der Waals surface area contributed by atoms with Gasteiger partial charge in [-0.3, -0.25) is 14.5 Å². The minimum absolute atomic E-state index is 0.0628. The Kier molecular flexibility index (Phi) is 7.13. The molecule has 0 bridgehead atoms. The van der Waals surface area contributed by atoms with E-state index in [9.17, 15) is 18.0 Å². The van der Waals surface area contributed by atoms with Crippen molar-refractivity contribution in [3.63, 3.8) is 0 Å². The first kappa shape index (κ1) is 19.6. The van der Waals surface area contributed by atoms with Gasteiger partial charge in [-0.1, -0.05) is 50.7 Å². The Bertz CT molecular complexity index is 681. The minimum atomic E-state index is -3.33. The van der Waals surface area contributed by atoms with Crippen LogP contribution < -0.4 is 5.14 Å². The van der Waals surface area contributed by atoms with Gasteiger partial charge in [0.1, 0.15) is 0 Å². The van der Waals surface area contributed by atoms with Gasteiger partial charge in [-0.2, -0.15) is 0 Å². The fraction of sp³-hybridized carbons (Fsp3) is 0.556. The molecule has 2 rings (SSSR count). The standard InChI is InChI=1S/C18H26N2O4S/c19-25(23,24)14-10-6-4-2-1-3-5-9-13-20-17(21)15-11-7-8-12-16(15)18(20)22/h7-8,11-12H,1-6,9-10,13-14H2,(H2,19,23,24). The van der Waals surface area contributed by atoms with Gasteiger partial charge in [0, 0.05) is 6.54 Å². The molecule has 1 aromatic carbocycles. The largest absolute Gasteiger partial charge is 0.274 e. The Morgan fingerprint density at radius 2 is 1.20 bits per heavy atom. The average molecular weight is 366 g/mol. The number of amides is 2. The zero-order valence-corrected chi connectivity index (χ0v) is 15.3. The summed E-state index contributed by atoms with van der Waals surface area (Å²) in [6.45, 7) is 0.473. The number of hydrogen-bond donors (Lipinski definition) is 1. The SMILES string of the molecule is NS(=O)(=O)CCCCCCCCCCN1C(=O)c2ccccc2C1=O. The lowest BCUT2D eigenvalue weighted by Gasteiger charge is -2.13. The Balaban J connectivity index is 1.54. The van der Waals surface area contributed by atoms with Crippen LogP contribution in [0.1, 0.15) is 72.1 Å². The average Bonchev–Trinajstić information content (AvgIpc) is 2.80. The van der Waals surface area contributed by atoms with Gasteiger partial charge in [-0.05, 0) is 25.0 Å². The first-order valence-corrected chi connectivity index (χ1v) is 10.6. The Hall–Kier alpha value is -1.73. The number of hydrogen-bond acceptors (Lipinski definition) is 4. The van der Waals surface area contributed by atoms with E-state index in [1.807, 2.05) is 0 Å². The van der Waals surface area contributed by atoms with Crippen LogP contribution in [-0.2, 0) is 10.0 Å². The molecular weight excluding hydrogens is 340 g/mol. The molecule has 0 saturated heterocycles.